The monoisotopic (exact) mass is 326 g/mol. The number of hydrogen-bond acceptors (Lipinski definition) is 4. The zero-order valence-electron chi connectivity index (χ0n) is 13.2. The van der Waals surface area contributed by atoms with Gasteiger partial charge in [-0.3, -0.25) is 0 Å². The fourth-order valence-corrected chi connectivity index (χ4v) is 2.82. The molecular formula is C19H18O3S. The SMILES string of the molecule is CCCCOC(=O)c1ccc2c(=S)c3cc(C)ccc3oc2c1. The highest BCUT2D eigenvalue weighted by Crippen LogP contribution is 2.27. The molecule has 0 spiro atoms. The van der Waals surface area contributed by atoms with E-state index in [9.17, 15) is 4.79 Å². The van der Waals surface area contributed by atoms with Crippen molar-refractivity contribution >= 4 is 40.1 Å². The van der Waals surface area contributed by atoms with E-state index in [-0.39, 0.29) is 5.97 Å². The largest absolute Gasteiger partial charge is 0.462 e. The van der Waals surface area contributed by atoms with Crippen LogP contribution in [0.1, 0.15) is 35.7 Å². The van der Waals surface area contributed by atoms with Crippen molar-refractivity contribution in [2.45, 2.75) is 26.7 Å². The third kappa shape index (κ3) is 3.13. The number of ether oxygens (including phenoxy) is 1. The first kappa shape index (κ1) is 15.7. The number of aryl methyl sites for hydroxylation is 1. The standard InChI is InChI=1S/C19H18O3S/c1-3-4-9-21-19(20)13-6-7-14-17(11-13)22-16-8-5-12(2)10-15(16)18(14)23/h5-8,10-11H,3-4,9H2,1-2H3. The first-order chi connectivity index (χ1) is 11.1. The fourth-order valence-electron chi connectivity index (χ4n) is 2.49. The summed E-state index contributed by atoms with van der Waals surface area (Å²) in [6.07, 6.45) is 1.86. The molecule has 0 atom stereocenters. The van der Waals surface area contributed by atoms with E-state index in [1.807, 2.05) is 31.2 Å². The Morgan fingerprint density at radius 2 is 1.96 bits per heavy atom. The molecule has 3 rings (SSSR count). The van der Waals surface area contributed by atoms with Crippen molar-refractivity contribution in [1.29, 1.82) is 0 Å². The smallest absolute Gasteiger partial charge is 0.338 e. The van der Waals surface area contributed by atoms with Gasteiger partial charge in [-0.15, -0.1) is 0 Å². The maximum Gasteiger partial charge on any atom is 0.338 e. The molecule has 0 unspecified atom stereocenters. The molecular weight excluding hydrogens is 308 g/mol. The molecule has 0 saturated heterocycles. The third-order valence-electron chi connectivity index (χ3n) is 3.79. The van der Waals surface area contributed by atoms with E-state index >= 15 is 0 Å². The van der Waals surface area contributed by atoms with Gasteiger partial charge < -0.3 is 9.15 Å². The Bertz CT molecular complexity index is 940. The lowest BCUT2D eigenvalue weighted by Crippen LogP contribution is -2.06. The van der Waals surface area contributed by atoms with Crippen LogP contribution >= 0.6 is 12.2 Å². The lowest BCUT2D eigenvalue weighted by atomic mass is 10.1. The van der Waals surface area contributed by atoms with Crippen LogP contribution in [0.15, 0.2) is 40.8 Å². The molecule has 0 saturated carbocycles. The Morgan fingerprint density at radius 3 is 2.74 bits per heavy atom. The Balaban J connectivity index is 2.06. The van der Waals surface area contributed by atoms with Crippen molar-refractivity contribution in [3.05, 3.63) is 52.0 Å². The van der Waals surface area contributed by atoms with Crippen molar-refractivity contribution in [1.82, 2.24) is 0 Å². The van der Waals surface area contributed by atoms with E-state index in [1.165, 1.54) is 0 Å². The maximum absolute atomic E-state index is 12.1. The first-order valence-corrected chi connectivity index (χ1v) is 8.15. The third-order valence-corrected chi connectivity index (χ3v) is 4.23. The van der Waals surface area contributed by atoms with Crippen molar-refractivity contribution in [3.8, 4) is 0 Å². The van der Waals surface area contributed by atoms with E-state index < -0.39 is 0 Å². The molecule has 1 heterocycles. The van der Waals surface area contributed by atoms with Crippen molar-refractivity contribution in [2.24, 2.45) is 0 Å². The minimum Gasteiger partial charge on any atom is -0.462 e. The van der Waals surface area contributed by atoms with Crippen LogP contribution in [0.25, 0.3) is 21.9 Å². The molecule has 1 aromatic heterocycles. The molecule has 0 amide bonds. The number of rotatable bonds is 4. The summed E-state index contributed by atoms with van der Waals surface area (Å²) >= 11 is 5.57. The van der Waals surface area contributed by atoms with Crippen LogP contribution in [0.4, 0.5) is 0 Å². The van der Waals surface area contributed by atoms with Gasteiger partial charge in [-0.05, 0) is 43.7 Å². The second-order valence-corrected chi connectivity index (χ2v) is 6.04. The molecule has 3 aromatic rings. The van der Waals surface area contributed by atoms with Crippen LogP contribution in [0, 0.1) is 11.4 Å². The van der Waals surface area contributed by atoms with Gasteiger partial charge in [0.25, 0.3) is 0 Å². The van der Waals surface area contributed by atoms with Gasteiger partial charge in [-0.25, -0.2) is 4.79 Å². The second-order valence-electron chi connectivity index (χ2n) is 5.63. The molecule has 0 radical (unpaired) electrons. The number of unbranched alkanes of at least 4 members (excludes halogenated alkanes) is 1. The van der Waals surface area contributed by atoms with Crippen LogP contribution in [-0.4, -0.2) is 12.6 Å². The topological polar surface area (TPSA) is 39.4 Å². The molecule has 23 heavy (non-hydrogen) atoms. The lowest BCUT2D eigenvalue weighted by molar-refractivity contribution is 0.0500. The number of esters is 1. The van der Waals surface area contributed by atoms with Crippen LogP contribution in [0.2, 0.25) is 0 Å². The molecule has 2 aromatic carbocycles. The second kappa shape index (κ2) is 6.50. The summed E-state index contributed by atoms with van der Waals surface area (Å²) in [6, 6.07) is 11.2. The summed E-state index contributed by atoms with van der Waals surface area (Å²) in [5.74, 6) is -0.328. The Kier molecular flexibility index (Phi) is 4.44. The Labute approximate surface area is 139 Å². The Morgan fingerprint density at radius 1 is 1.13 bits per heavy atom. The summed E-state index contributed by atoms with van der Waals surface area (Å²) < 4.78 is 11.9. The number of hydrogen-bond donors (Lipinski definition) is 0. The number of fused-ring (bicyclic) bond motifs is 2. The van der Waals surface area contributed by atoms with Gasteiger partial charge in [0, 0.05) is 10.8 Å². The molecule has 0 fully saturated rings. The summed E-state index contributed by atoms with van der Waals surface area (Å²) in [5.41, 5.74) is 2.95. The van der Waals surface area contributed by atoms with E-state index in [2.05, 4.69) is 6.92 Å². The van der Waals surface area contributed by atoms with E-state index in [0.29, 0.717) is 17.8 Å². The zero-order valence-corrected chi connectivity index (χ0v) is 14.0. The normalized spacial score (nSPS) is 11.0. The summed E-state index contributed by atoms with van der Waals surface area (Å²) in [7, 11) is 0. The van der Waals surface area contributed by atoms with Gasteiger partial charge in [-0.2, -0.15) is 0 Å². The fraction of sp³-hybridized carbons (Fsp3) is 0.263. The quantitative estimate of drug-likeness (QED) is 0.271. The predicted molar refractivity (Wildman–Crippen MR) is 94.5 cm³/mol. The molecule has 0 aliphatic rings. The highest BCUT2D eigenvalue weighted by Gasteiger charge is 2.11. The van der Waals surface area contributed by atoms with Crippen LogP contribution in [-0.2, 0) is 4.74 Å². The average molecular weight is 326 g/mol. The minimum atomic E-state index is -0.328. The highest BCUT2D eigenvalue weighted by molar-refractivity contribution is 7.72. The van der Waals surface area contributed by atoms with Crippen LogP contribution < -0.4 is 0 Å². The summed E-state index contributed by atoms with van der Waals surface area (Å²) in [6.45, 7) is 4.52. The van der Waals surface area contributed by atoms with Crippen LogP contribution in [0.5, 0.6) is 0 Å². The van der Waals surface area contributed by atoms with Gasteiger partial charge in [0.2, 0.25) is 0 Å². The van der Waals surface area contributed by atoms with Gasteiger partial charge in [0.1, 0.15) is 11.2 Å². The van der Waals surface area contributed by atoms with Crippen molar-refractivity contribution in [3.63, 3.8) is 0 Å². The molecule has 3 nitrogen and oxygen atoms in total. The summed E-state index contributed by atoms with van der Waals surface area (Å²) in [4.78, 5) is 12.1. The minimum absolute atomic E-state index is 0.328. The highest BCUT2D eigenvalue weighted by atomic mass is 32.1. The molecule has 4 heteroatoms. The van der Waals surface area contributed by atoms with Gasteiger partial charge >= 0.3 is 5.97 Å². The molecule has 0 bridgehead atoms. The lowest BCUT2D eigenvalue weighted by Gasteiger charge is -2.07. The Hall–Kier alpha value is -2.20. The first-order valence-electron chi connectivity index (χ1n) is 7.74. The van der Waals surface area contributed by atoms with E-state index in [0.717, 1.165) is 39.3 Å². The van der Waals surface area contributed by atoms with Crippen LogP contribution in [0.3, 0.4) is 0 Å². The number of benzene rings is 2. The maximum atomic E-state index is 12.1. The summed E-state index contributed by atoms with van der Waals surface area (Å²) in [5, 5.41) is 1.76. The van der Waals surface area contributed by atoms with Gasteiger partial charge in [-0.1, -0.05) is 37.2 Å². The zero-order chi connectivity index (χ0) is 16.4. The van der Waals surface area contributed by atoms with Crippen molar-refractivity contribution in [2.75, 3.05) is 6.61 Å². The molecule has 0 N–H and O–H groups in total. The molecule has 0 aliphatic carbocycles. The van der Waals surface area contributed by atoms with Gasteiger partial charge in [0.05, 0.1) is 16.7 Å². The molecule has 118 valence electrons. The number of carbonyl (C=O) groups is 1. The van der Waals surface area contributed by atoms with Crippen molar-refractivity contribution < 1.29 is 13.9 Å². The predicted octanol–water partition coefficient (Wildman–Crippen LogP) is 5.58. The number of carbonyl (C=O) groups excluding carboxylic acids is 1. The van der Waals surface area contributed by atoms with Gasteiger partial charge in [0.15, 0.2) is 0 Å². The molecule has 0 aliphatic heterocycles. The average Bonchev–Trinajstić information content (AvgIpc) is 2.55. The van der Waals surface area contributed by atoms with E-state index in [4.69, 9.17) is 21.4 Å². The van der Waals surface area contributed by atoms with E-state index in [1.54, 1.807) is 12.1 Å².